The van der Waals surface area contributed by atoms with E-state index in [0.29, 0.717) is 48.6 Å². The van der Waals surface area contributed by atoms with Crippen molar-refractivity contribution in [1.29, 1.82) is 5.26 Å². The van der Waals surface area contributed by atoms with Gasteiger partial charge in [-0.2, -0.15) is 5.26 Å². The molecule has 1 fully saturated rings. The molecule has 1 saturated heterocycles. The number of nitriles is 1. The van der Waals surface area contributed by atoms with Gasteiger partial charge in [0.1, 0.15) is 17.6 Å². The average Bonchev–Trinajstić information content (AvgIpc) is 2.82. The minimum Gasteiger partial charge on any atom is -0.456 e. The van der Waals surface area contributed by atoms with Crippen molar-refractivity contribution in [2.45, 2.75) is 18.1 Å². The molecule has 170 valence electrons. The predicted octanol–water partition coefficient (Wildman–Crippen LogP) is 4.18. The predicted molar refractivity (Wildman–Crippen MR) is 119 cm³/mol. The molecule has 0 aliphatic carbocycles. The van der Waals surface area contributed by atoms with Crippen LogP contribution in [0.5, 0.6) is 11.5 Å². The molecule has 0 amide bonds. The quantitative estimate of drug-likeness (QED) is 0.560. The zero-order valence-corrected chi connectivity index (χ0v) is 18.2. The fraction of sp³-hybridized carbons (Fsp3) is 0.217. The molecule has 2 aromatic carbocycles. The molecule has 3 aromatic rings. The van der Waals surface area contributed by atoms with E-state index in [2.05, 4.69) is 15.0 Å². The first kappa shape index (κ1) is 22.6. The Morgan fingerprint density at radius 2 is 1.79 bits per heavy atom. The molecular weight excluding hydrogens is 450 g/mol. The van der Waals surface area contributed by atoms with E-state index in [0.717, 1.165) is 12.1 Å². The lowest BCUT2D eigenvalue weighted by Gasteiger charge is -2.23. The number of hydrogen-bond acceptors (Lipinski definition) is 6. The third-order valence-electron chi connectivity index (χ3n) is 5.29. The van der Waals surface area contributed by atoms with Crippen LogP contribution in [0.3, 0.4) is 0 Å². The van der Waals surface area contributed by atoms with Crippen LogP contribution in [0.4, 0.5) is 14.5 Å². The van der Waals surface area contributed by atoms with Gasteiger partial charge < -0.3 is 10.1 Å². The minimum absolute atomic E-state index is 0.106. The minimum atomic E-state index is -3.63. The number of ether oxygens (including phenoxy) is 1. The van der Waals surface area contributed by atoms with E-state index < -0.39 is 26.9 Å². The van der Waals surface area contributed by atoms with Crippen LogP contribution in [0, 0.1) is 23.0 Å². The SMILES string of the molecule is N#Cc1cc(Oc2cncc(-c3ccc(F)c(F)c3)c2)ccc1NS(=O)(=O)C1CCNCC1. The highest BCUT2D eigenvalue weighted by molar-refractivity contribution is 7.93. The standard InChI is InChI=1S/C23H20F2N4O3S/c24-21-3-1-15(11-22(21)25)17-10-19(14-28-13-17)32-18-2-4-23(16(9-18)12-26)29-33(30,31)20-5-7-27-8-6-20/h1-4,9-11,13-14,20,27,29H,5-8H2. The van der Waals surface area contributed by atoms with E-state index in [1.807, 2.05) is 6.07 Å². The molecule has 7 nitrogen and oxygen atoms in total. The lowest BCUT2D eigenvalue weighted by Crippen LogP contribution is -2.38. The van der Waals surface area contributed by atoms with Crippen LogP contribution >= 0.6 is 0 Å². The van der Waals surface area contributed by atoms with Gasteiger partial charge in [0.25, 0.3) is 0 Å². The number of pyridine rings is 1. The van der Waals surface area contributed by atoms with Crippen molar-refractivity contribution in [3.63, 3.8) is 0 Å². The molecule has 1 aliphatic rings. The maximum absolute atomic E-state index is 13.6. The summed E-state index contributed by atoms with van der Waals surface area (Å²) in [5.74, 6) is -1.32. The highest BCUT2D eigenvalue weighted by Gasteiger charge is 2.27. The molecule has 0 bridgehead atoms. The second kappa shape index (κ2) is 9.52. The van der Waals surface area contributed by atoms with E-state index in [9.17, 15) is 22.5 Å². The average molecular weight is 471 g/mol. The van der Waals surface area contributed by atoms with Gasteiger partial charge in [-0.05, 0) is 61.8 Å². The van der Waals surface area contributed by atoms with Crippen molar-refractivity contribution in [2.75, 3.05) is 17.8 Å². The number of rotatable bonds is 6. The van der Waals surface area contributed by atoms with E-state index in [1.54, 1.807) is 6.07 Å². The van der Waals surface area contributed by atoms with Gasteiger partial charge in [-0.15, -0.1) is 0 Å². The van der Waals surface area contributed by atoms with Crippen LogP contribution in [0.15, 0.2) is 54.9 Å². The van der Waals surface area contributed by atoms with Crippen LogP contribution in [0.2, 0.25) is 0 Å². The second-order valence-electron chi connectivity index (χ2n) is 7.56. The Bertz CT molecular complexity index is 1320. The topological polar surface area (TPSA) is 104 Å². The summed E-state index contributed by atoms with van der Waals surface area (Å²) in [4.78, 5) is 4.07. The summed E-state index contributed by atoms with van der Waals surface area (Å²) >= 11 is 0. The Morgan fingerprint density at radius 1 is 1.00 bits per heavy atom. The molecule has 0 saturated carbocycles. The molecule has 2 heterocycles. The van der Waals surface area contributed by atoms with E-state index in [-0.39, 0.29) is 11.3 Å². The Kier molecular flexibility index (Phi) is 6.53. The summed E-state index contributed by atoms with van der Waals surface area (Å²) in [6, 6.07) is 11.5. The van der Waals surface area contributed by atoms with Crippen LogP contribution in [-0.4, -0.2) is 31.7 Å². The molecular formula is C23H20F2N4O3S. The monoisotopic (exact) mass is 470 g/mol. The van der Waals surface area contributed by atoms with Gasteiger partial charge in [-0.1, -0.05) is 6.07 Å². The first-order valence-electron chi connectivity index (χ1n) is 10.2. The third kappa shape index (κ3) is 5.27. The van der Waals surface area contributed by atoms with Crippen molar-refractivity contribution in [3.05, 3.63) is 72.1 Å². The largest absolute Gasteiger partial charge is 0.456 e. The number of benzene rings is 2. The number of piperidine rings is 1. The molecule has 0 spiro atoms. The molecule has 0 unspecified atom stereocenters. The van der Waals surface area contributed by atoms with E-state index >= 15 is 0 Å². The van der Waals surface area contributed by atoms with Crippen molar-refractivity contribution in [3.8, 4) is 28.7 Å². The first-order chi connectivity index (χ1) is 15.9. The highest BCUT2D eigenvalue weighted by atomic mass is 32.2. The van der Waals surface area contributed by atoms with Crippen LogP contribution < -0.4 is 14.8 Å². The molecule has 0 radical (unpaired) electrons. The number of nitrogens with one attached hydrogen (secondary N) is 2. The molecule has 0 atom stereocenters. The van der Waals surface area contributed by atoms with Gasteiger partial charge >= 0.3 is 0 Å². The number of halogens is 2. The first-order valence-corrected chi connectivity index (χ1v) is 11.8. The summed E-state index contributed by atoms with van der Waals surface area (Å²) in [6.07, 6.45) is 3.92. The van der Waals surface area contributed by atoms with Gasteiger partial charge in [0, 0.05) is 17.8 Å². The maximum Gasteiger partial charge on any atom is 0.235 e. The molecule has 10 heteroatoms. The summed E-state index contributed by atoms with van der Waals surface area (Å²) in [6.45, 7) is 1.25. The summed E-state index contributed by atoms with van der Waals surface area (Å²) < 4.78 is 60.4. The Hall–Kier alpha value is -3.55. The van der Waals surface area contributed by atoms with Gasteiger partial charge in [-0.3, -0.25) is 9.71 Å². The molecule has 1 aromatic heterocycles. The van der Waals surface area contributed by atoms with Gasteiger partial charge in [0.15, 0.2) is 11.6 Å². The fourth-order valence-electron chi connectivity index (χ4n) is 3.55. The Morgan fingerprint density at radius 3 is 2.52 bits per heavy atom. The van der Waals surface area contributed by atoms with Crippen LogP contribution in [0.1, 0.15) is 18.4 Å². The smallest absolute Gasteiger partial charge is 0.235 e. The highest BCUT2D eigenvalue weighted by Crippen LogP contribution is 2.30. The number of aromatic nitrogens is 1. The lowest BCUT2D eigenvalue weighted by molar-refractivity contribution is 0.480. The van der Waals surface area contributed by atoms with Crippen LogP contribution in [0.25, 0.3) is 11.1 Å². The normalized spacial score (nSPS) is 14.5. The molecule has 4 rings (SSSR count). The third-order valence-corrected chi connectivity index (χ3v) is 7.14. The van der Waals surface area contributed by atoms with Crippen molar-refractivity contribution in [1.82, 2.24) is 10.3 Å². The lowest BCUT2D eigenvalue weighted by atomic mass is 10.1. The number of nitrogens with zero attached hydrogens (tertiary/aromatic N) is 2. The molecule has 33 heavy (non-hydrogen) atoms. The zero-order valence-electron chi connectivity index (χ0n) is 17.4. The number of sulfonamides is 1. The zero-order chi connectivity index (χ0) is 23.4. The number of anilines is 1. The number of hydrogen-bond donors (Lipinski definition) is 2. The second-order valence-corrected chi connectivity index (χ2v) is 9.52. The van der Waals surface area contributed by atoms with Crippen molar-refractivity contribution in [2.24, 2.45) is 0 Å². The molecule has 2 N–H and O–H groups in total. The van der Waals surface area contributed by atoms with E-state index in [1.165, 1.54) is 36.7 Å². The summed E-state index contributed by atoms with van der Waals surface area (Å²) in [5, 5.41) is 12.1. The fourth-order valence-corrected chi connectivity index (χ4v) is 5.06. The van der Waals surface area contributed by atoms with Crippen molar-refractivity contribution < 1.29 is 21.9 Å². The van der Waals surface area contributed by atoms with Gasteiger partial charge in [0.2, 0.25) is 10.0 Å². The maximum atomic E-state index is 13.6. The van der Waals surface area contributed by atoms with Crippen molar-refractivity contribution >= 4 is 15.7 Å². The van der Waals surface area contributed by atoms with Gasteiger partial charge in [-0.25, -0.2) is 17.2 Å². The molecule has 1 aliphatic heterocycles. The van der Waals surface area contributed by atoms with Crippen LogP contribution in [-0.2, 0) is 10.0 Å². The Balaban J connectivity index is 1.54. The summed E-state index contributed by atoms with van der Waals surface area (Å²) in [5.41, 5.74) is 1.22. The summed E-state index contributed by atoms with van der Waals surface area (Å²) in [7, 11) is -3.63. The Labute approximate surface area is 190 Å². The van der Waals surface area contributed by atoms with Gasteiger partial charge in [0.05, 0.1) is 22.7 Å². The van der Waals surface area contributed by atoms with E-state index in [4.69, 9.17) is 4.74 Å².